The van der Waals surface area contributed by atoms with E-state index in [-0.39, 0.29) is 23.4 Å². The molecule has 1 fully saturated rings. The van der Waals surface area contributed by atoms with E-state index in [4.69, 9.17) is 15.4 Å². The maximum absolute atomic E-state index is 11.5. The van der Waals surface area contributed by atoms with Crippen LogP contribution in [0.4, 0.5) is 0 Å². The van der Waals surface area contributed by atoms with Gasteiger partial charge in [0.05, 0.1) is 6.10 Å². The largest absolute Gasteiger partial charge is 0.367 e. The van der Waals surface area contributed by atoms with Crippen molar-refractivity contribution < 1.29 is 13.2 Å². The Bertz CT molecular complexity index is 541. The highest BCUT2D eigenvalue weighted by Gasteiger charge is 2.32. The molecule has 0 spiro atoms. The predicted octanol–water partition coefficient (Wildman–Crippen LogP) is 2.03. The highest BCUT2D eigenvalue weighted by molar-refractivity contribution is 8.13. The summed E-state index contributed by atoms with van der Waals surface area (Å²) < 4.78 is 30.1. The monoisotopic (exact) mass is 293 g/mol. The lowest BCUT2D eigenvalue weighted by atomic mass is 10.2. The number of hydrogen-bond acceptors (Lipinski definition) is 5. The maximum atomic E-state index is 11.5. The van der Waals surface area contributed by atoms with Gasteiger partial charge in [0.15, 0.2) is 5.82 Å². The fourth-order valence-corrected chi connectivity index (χ4v) is 3.15. The molecule has 1 aliphatic heterocycles. The molecule has 18 heavy (non-hydrogen) atoms. The Kier molecular flexibility index (Phi) is 3.66. The van der Waals surface area contributed by atoms with Crippen LogP contribution in [0, 0.1) is 0 Å². The standard InChI is InChI=1S/C10H16ClN3O3S/c1-6(2)14-9(8-5-4-7(3)17-8)12-13-10(14)18(11,15)16/h6-8H,4-5H2,1-3H3. The van der Waals surface area contributed by atoms with E-state index in [0.717, 1.165) is 12.8 Å². The van der Waals surface area contributed by atoms with E-state index in [9.17, 15) is 8.42 Å². The molecule has 102 valence electrons. The summed E-state index contributed by atoms with van der Waals surface area (Å²) in [5.41, 5.74) is 0. The molecule has 0 N–H and O–H groups in total. The quantitative estimate of drug-likeness (QED) is 0.797. The van der Waals surface area contributed by atoms with Crippen molar-refractivity contribution in [1.29, 1.82) is 0 Å². The average molecular weight is 294 g/mol. The second-order valence-corrected chi connectivity index (χ2v) is 7.21. The van der Waals surface area contributed by atoms with Crippen molar-refractivity contribution in [2.45, 2.75) is 57.0 Å². The van der Waals surface area contributed by atoms with Gasteiger partial charge >= 0.3 is 0 Å². The van der Waals surface area contributed by atoms with Crippen LogP contribution in [0.1, 0.15) is 51.6 Å². The fourth-order valence-electron chi connectivity index (χ4n) is 2.15. The van der Waals surface area contributed by atoms with Gasteiger partial charge in [-0.1, -0.05) is 0 Å². The van der Waals surface area contributed by atoms with Crippen molar-refractivity contribution in [2.24, 2.45) is 0 Å². The molecule has 2 heterocycles. The summed E-state index contributed by atoms with van der Waals surface area (Å²) in [6.45, 7) is 5.70. The smallest absolute Gasteiger partial charge is 0.296 e. The number of rotatable bonds is 3. The molecule has 2 unspecified atom stereocenters. The van der Waals surface area contributed by atoms with Gasteiger partial charge in [0, 0.05) is 16.7 Å². The van der Waals surface area contributed by atoms with Crippen LogP contribution in [-0.4, -0.2) is 29.3 Å². The van der Waals surface area contributed by atoms with Crippen LogP contribution in [0.2, 0.25) is 0 Å². The highest BCUT2D eigenvalue weighted by atomic mass is 35.7. The summed E-state index contributed by atoms with van der Waals surface area (Å²) in [5, 5.41) is 7.43. The molecule has 1 saturated heterocycles. The van der Waals surface area contributed by atoms with Crippen LogP contribution in [0.3, 0.4) is 0 Å². The molecule has 2 rings (SSSR count). The van der Waals surface area contributed by atoms with Crippen molar-refractivity contribution in [1.82, 2.24) is 14.8 Å². The van der Waals surface area contributed by atoms with Crippen molar-refractivity contribution in [3.8, 4) is 0 Å². The fraction of sp³-hybridized carbons (Fsp3) is 0.800. The van der Waals surface area contributed by atoms with E-state index in [1.807, 2.05) is 20.8 Å². The first-order valence-corrected chi connectivity index (χ1v) is 8.16. The van der Waals surface area contributed by atoms with Crippen molar-refractivity contribution >= 4 is 19.7 Å². The van der Waals surface area contributed by atoms with Crippen molar-refractivity contribution in [2.75, 3.05) is 0 Å². The third-order valence-electron chi connectivity index (χ3n) is 2.95. The molecule has 0 amide bonds. The van der Waals surface area contributed by atoms with Gasteiger partial charge in [-0.2, -0.15) is 0 Å². The van der Waals surface area contributed by atoms with Gasteiger partial charge in [-0.15, -0.1) is 10.2 Å². The minimum absolute atomic E-state index is 0.0990. The average Bonchev–Trinajstić information content (AvgIpc) is 2.80. The first kappa shape index (κ1) is 13.8. The molecule has 1 aliphatic rings. The van der Waals surface area contributed by atoms with Crippen molar-refractivity contribution in [3.05, 3.63) is 5.82 Å². The SMILES string of the molecule is CC1CCC(c2nnc(S(=O)(=O)Cl)n2C(C)C)O1. The van der Waals surface area contributed by atoms with Crippen LogP contribution >= 0.6 is 10.7 Å². The minimum Gasteiger partial charge on any atom is -0.367 e. The van der Waals surface area contributed by atoms with Crippen LogP contribution in [0.15, 0.2) is 5.16 Å². The Balaban J connectivity index is 2.46. The van der Waals surface area contributed by atoms with Crippen LogP contribution in [0.5, 0.6) is 0 Å². The van der Waals surface area contributed by atoms with Gasteiger partial charge in [0.1, 0.15) is 6.10 Å². The second-order valence-electron chi connectivity index (χ2n) is 4.76. The number of hydrogen-bond donors (Lipinski definition) is 0. The van der Waals surface area contributed by atoms with Gasteiger partial charge < -0.3 is 4.74 Å². The topological polar surface area (TPSA) is 74.1 Å². The molecule has 6 nitrogen and oxygen atoms in total. The minimum atomic E-state index is -3.89. The zero-order valence-electron chi connectivity index (χ0n) is 10.5. The third kappa shape index (κ3) is 2.53. The Hall–Kier alpha value is -0.660. The number of aromatic nitrogens is 3. The first-order valence-electron chi connectivity index (χ1n) is 5.85. The Labute approximate surface area is 111 Å². The van der Waals surface area contributed by atoms with E-state index in [2.05, 4.69) is 10.2 Å². The lowest BCUT2D eigenvalue weighted by Gasteiger charge is -2.16. The van der Waals surface area contributed by atoms with E-state index < -0.39 is 9.05 Å². The lowest BCUT2D eigenvalue weighted by molar-refractivity contribution is 0.0469. The molecule has 8 heteroatoms. The third-order valence-corrected chi connectivity index (χ3v) is 4.07. The van der Waals surface area contributed by atoms with E-state index in [0.29, 0.717) is 5.82 Å². The number of nitrogens with zero attached hydrogens (tertiary/aromatic N) is 3. The molecular formula is C10H16ClN3O3S. The lowest BCUT2D eigenvalue weighted by Crippen LogP contribution is -2.15. The summed E-state index contributed by atoms with van der Waals surface area (Å²) in [6, 6.07) is -0.0990. The summed E-state index contributed by atoms with van der Waals surface area (Å²) in [4.78, 5) is 0. The zero-order chi connectivity index (χ0) is 13.5. The van der Waals surface area contributed by atoms with Crippen molar-refractivity contribution in [3.63, 3.8) is 0 Å². The molecule has 0 aliphatic carbocycles. The molecular weight excluding hydrogens is 278 g/mol. The molecule has 0 radical (unpaired) electrons. The number of ether oxygens (including phenoxy) is 1. The highest BCUT2D eigenvalue weighted by Crippen LogP contribution is 2.34. The Morgan fingerprint density at radius 1 is 1.39 bits per heavy atom. The maximum Gasteiger partial charge on any atom is 0.296 e. The molecule has 1 aromatic rings. The summed E-state index contributed by atoms with van der Waals surface area (Å²) in [6.07, 6.45) is 1.69. The van der Waals surface area contributed by atoms with Gasteiger partial charge in [0.25, 0.3) is 14.2 Å². The van der Waals surface area contributed by atoms with Crippen LogP contribution in [-0.2, 0) is 13.8 Å². The van der Waals surface area contributed by atoms with Gasteiger partial charge in [0.2, 0.25) is 0 Å². The van der Waals surface area contributed by atoms with E-state index in [1.54, 1.807) is 0 Å². The molecule has 0 saturated carbocycles. The Morgan fingerprint density at radius 2 is 2.06 bits per heavy atom. The van der Waals surface area contributed by atoms with Gasteiger partial charge in [-0.25, -0.2) is 8.42 Å². The normalized spacial score (nSPS) is 24.9. The summed E-state index contributed by atoms with van der Waals surface area (Å²) in [7, 11) is 1.47. The van der Waals surface area contributed by atoms with Gasteiger partial charge in [-0.05, 0) is 33.6 Å². The predicted molar refractivity (Wildman–Crippen MR) is 66.0 cm³/mol. The second kappa shape index (κ2) is 4.79. The van der Waals surface area contributed by atoms with Crippen LogP contribution < -0.4 is 0 Å². The molecule has 0 aromatic carbocycles. The molecule has 2 atom stereocenters. The number of halogens is 1. The molecule has 0 bridgehead atoms. The summed E-state index contributed by atoms with van der Waals surface area (Å²) >= 11 is 0. The zero-order valence-corrected chi connectivity index (χ0v) is 12.1. The Morgan fingerprint density at radius 3 is 2.50 bits per heavy atom. The summed E-state index contributed by atoms with van der Waals surface area (Å²) in [5.74, 6) is 0.536. The molecule has 1 aromatic heterocycles. The van der Waals surface area contributed by atoms with Gasteiger partial charge in [-0.3, -0.25) is 4.57 Å². The van der Waals surface area contributed by atoms with E-state index >= 15 is 0 Å². The first-order chi connectivity index (χ1) is 8.30. The van der Waals surface area contributed by atoms with Crippen LogP contribution in [0.25, 0.3) is 0 Å². The van der Waals surface area contributed by atoms with E-state index in [1.165, 1.54) is 4.57 Å².